The first-order valence-electron chi connectivity index (χ1n) is 6.19. The van der Waals surface area contributed by atoms with Crippen molar-refractivity contribution >= 4 is 40.0 Å². The zero-order chi connectivity index (χ0) is 14.1. The number of nitrogens with two attached hydrogens (primary N) is 1. The normalized spacial score (nSPS) is 10.7. The molecule has 1 aromatic heterocycles. The number of aromatic nitrogens is 2. The maximum absolute atomic E-state index is 6.20. The highest BCUT2D eigenvalue weighted by Crippen LogP contribution is 2.28. The molecule has 0 saturated carbocycles. The molecule has 0 unspecified atom stereocenters. The molecule has 0 fully saturated rings. The molecule has 0 aliphatic rings. The van der Waals surface area contributed by atoms with Crippen LogP contribution in [0.3, 0.4) is 0 Å². The van der Waals surface area contributed by atoms with Crippen molar-refractivity contribution in [2.45, 2.75) is 6.92 Å². The molecule has 0 amide bonds. The number of nitrogens with one attached hydrogen (secondary N) is 1. The van der Waals surface area contributed by atoms with Crippen LogP contribution in [0.5, 0.6) is 0 Å². The smallest absolute Gasteiger partial charge is 0.174 e. The zero-order valence-electron chi connectivity index (χ0n) is 10.9. The summed E-state index contributed by atoms with van der Waals surface area (Å²) >= 11 is 6.20. The van der Waals surface area contributed by atoms with Gasteiger partial charge in [0.05, 0.1) is 21.7 Å². The van der Waals surface area contributed by atoms with E-state index in [0.717, 1.165) is 22.3 Å². The third-order valence-electron chi connectivity index (χ3n) is 2.98. The van der Waals surface area contributed by atoms with Crippen molar-refractivity contribution in [2.24, 2.45) is 0 Å². The van der Waals surface area contributed by atoms with E-state index in [1.54, 1.807) is 0 Å². The number of rotatable bonds is 2. The van der Waals surface area contributed by atoms with Gasteiger partial charge in [-0.2, -0.15) is 0 Å². The third-order valence-corrected chi connectivity index (χ3v) is 3.29. The summed E-state index contributed by atoms with van der Waals surface area (Å²) in [5, 5.41) is 3.75. The Balaban J connectivity index is 2.03. The van der Waals surface area contributed by atoms with Gasteiger partial charge in [-0.3, -0.25) is 0 Å². The Morgan fingerprint density at radius 1 is 1.05 bits per heavy atom. The van der Waals surface area contributed by atoms with Gasteiger partial charge in [0.1, 0.15) is 0 Å². The van der Waals surface area contributed by atoms with Crippen molar-refractivity contribution in [3.8, 4) is 0 Å². The van der Waals surface area contributed by atoms with E-state index in [9.17, 15) is 0 Å². The summed E-state index contributed by atoms with van der Waals surface area (Å²) in [7, 11) is 0. The highest BCUT2D eigenvalue weighted by molar-refractivity contribution is 6.33. The van der Waals surface area contributed by atoms with E-state index in [2.05, 4.69) is 15.3 Å². The number of para-hydroxylation sites is 2. The number of fused-ring (bicyclic) bond motifs is 1. The summed E-state index contributed by atoms with van der Waals surface area (Å²) in [6.07, 6.45) is 0. The van der Waals surface area contributed by atoms with Crippen LogP contribution in [-0.2, 0) is 0 Å². The third kappa shape index (κ3) is 2.38. The van der Waals surface area contributed by atoms with Gasteiger partial charge < -0.3 is 11.1 Å². The molecule has 0 atom stereocenters. The number of hydrogen-bond donors (Lipinski definition) is 2. The maximum Gasteiger partial charge on any atom is 0.174 e. The second-order valence-corrected chi connectivity index (χ2v) is 4.96. The Morgan fingerprint density at radius 3 is 2.45 bits per heavy atom. The molecule has 0 aliphatic heterocycles. The van der Waals surface area contributed by atoms with Gasteiger partial charge in [-0.05, 0) is 36.8 Å². The Bertz CT molecular complexity index is 786. The van der Waals surface area contributed by atoms with E-state index in [1.807, 2.05) is 49.4 Å². The van der Waals surface area contributed by atoms with Crippen LogP contribution in [0, 0.1) is 6.92 Å². The van der Waals surface area contributed by atoms with Crippen molar-refractivity contribution in [1.82, 2.24) is 9.97 Å². The van der Waals surface area contributed by atoms with Crippen molar-refractivity contribution < 1.29 is 0 Å². The van der Waals surface area contributed by atoms with Gasteiger partial charge in [0.2, 0.25) is 0 Å². The maximum atomic E-state index is 6.20. The van der Waals surface area contributed by atoms with E-state index in [-0.39, 0.29) is 0 Å². The summed E-state index contributed by atoms with van der Waals surface area (Å²) in [5.41, 5.74) is 9.34. The minimum atomic E-state index is 0.348. The van der Waals surface area contributed by atoms with E-state index in [0.29, 0.717) is 16.7 Å². The Hall–Kier alpha value is -2.33. The summed E-state index contributed by atoms with van der Waals surface area (Å²) in [4.78, 5) is 8.81. The number of halogens is 1. The summed E-state index contributed by atoms with van der Waals surface area (Å²) in [5.74, 6) is 0.856. The minimum Gasteiger partial charge on any atom is -0.381 e. The molecule has 3 aromatic rings. The van der Waals surface area contributed by atoms with Gasteiger partial charge in [0.25, 0.3) is 0 Å². The van der Waals surface area contributed by atoms with Crippen LogP contribution in [0.2, 0.25) is 5.02 Å². The van der Waals surface area contributed by atoms with Crippen molar-refractivity contribution in [2.75, 3.05) is 11.1 Å². The fraction of sp³-hybridized carbons (Fsp3) is 0.0667. The highest BCUT2D eigenvalue weighted by atomic mass is 35.5. The predicted octanol–water partition coefficient (Wildman–Crippen LogP) is 3.92. The van der Waals surface area contributed by atoms with Crippen molar-refractivity contribution in [3.05, 3.63) is 53.1 Å². The van der Waals surface area contributed by atoms with Gasteiger partial charge in [-0.25, -0.2) is 9.97 Å². The molecule has 0 bridgehead atoms. The largest absolute Gasteiger partial charge is 0.381 e. The fourth-order valence-electron chi connectivity index (χ4n) is 1.95. The summed E-state index contributed by atoms with van der Waals surface area (Å²) < 4.78 is 0. The summed E-state index contributed by atoms with van der Waals surface area (Å²) in [6.45, 7) is 1.99. The lowest BCUT2D eigenvalue weighted by Crippen LogP contribution is -2.02. The molecule has 3 N–H and O–H groups in total. The number of benzene rings is 2. The van der Waals surface area contributed by atoms with E-state index in [4.69, 9.17) is 17.3 Å². The van der Waals surface area contributed by atoms with Crippen molar-refractivity contribution in [1.29, 1.82) is 0 Å². The number of aryl methyl sites for hydroxylation is 1. The van der Waals surface area contributed by atoms with E-state index >= 15 is 0 Å². The molecule has 20 heavy (non-hydrogen) atoms. The molecule has 0 spiro atoms. The van der Waals surface area contributed by atoms with Crippen LogP contribution >= 0.6 is 11.6 Å². The molecule has 5 heteroatoms. The lowest BCUT2D eigenvalue weighted by Gasteiger charge is -2.10. The van der Waals surface area contributed by atoms with Gasteiger partial charge in [-0.1, -0.05) is 29.8 Å². The lowest BCUT2D eigenvalue weighted by atomic mass is 10.2. The summed E-state index contributed by atoms with van der Waals surface area (Å²) in [6, 6.07) is 13.3. The first-order valence-corrected chi connectivity index (χ1v) is 6.57. The number of anilines is 3. The second-order valence-electron chi connectivity index (χ2n) is 4.55. The van der Waals surface area contributed by atoms with Gasteiger partial charge in [-0.15, -0.1) is 0 Å². The average molecular weight is 285 g/mol. The van der Waals surface area contributed by atoms with Crippen molar-refractivity contribution in [3.63, 3.8) is 0 Å². The Labute approximate surface area is 121 Å². The number of nitrogens with zero attached hydrogens (tertiary/aromatic N) is 2. The minimum absolute atomic E-state index is 0.348. The van der Waals surface area contributed by atoms with Crippen LogP contribution in [0.25, 0.3) is 11.0 Å². The number of nitrogen functional groups attached to an aromatic ring is 1. The Kier molecular flexibility index (Phi) is 3.16. The van der Waals surface area contributed by atoms with Crippen LogP contribution in [0.15, 0.2) is 42.5 Å². The first kappa shape index (κ1) is 12.7. The monoisotopic (exact) mass is 284 g/mol. The molecule has 0 aliphatic carbocycles. The van der Waals surface area contributed by atoms with Crippen LogP contribution in [0.4, 0.5) is 17.3 Å². The fourth-order valence-corrected chi connectivity index (χ4v) is 2.24. The molecule has 1 heterocycles. The number of hydrogen-bond acceptors (Lipinski definition) is 4. The molecule has 0 saturated heterocycles. The highest BCUT2D eigenvalue weighted by Gasteiger charge is 2.08. The van der Waals surface area contributed by atoms with Gasteiger partial charge >= 0.3 is 0 Å². The topological polar surface area (TPSA) is 63.8 Å². The zero-order valence-corrected chi connectivity index (χ0v) is 11.6. The van der Waals surface area contributed by atoms with E-state index in [1.165, 1.54) is 0 Å². The van der Waals surface area contributed by atoms with Crippen LogP contribution in [0.1, 0.15) is 5.56 Å². The molecule has 100 valence electrons. The van der Waals surface area contributed by atoms with Gasteiger partial charge in [0, 0.05) is 0 Å². The Morgan fingerprint density at radius 2 is 1.75 bits per heavy atom. The molecule has 3 rings (SSSR count). The molecule has 0 radical (unpaired) electrons. The van der Waals surface area contributed by atoms with Crippen LogP contribution in [-0.4, -0.2) is 9.97 Å². The van der Waals surface area contributed by atoms with Crippen LogP contribution < -0.4 is 11.1 Å². The SMILES string of the molecule is Cc1ccc(Nc2nc3ccccc3nc2N)c(Cl)c1. The average Bonchev–Trinajstić information content (AvgIpc) is 2.42. The first-order chi connectivity index (χ1) is 9.63. The quantitative estimate of drug-likeness (QED) is 0.749. The second kappa shape index (κ2) is 4.98. The molecular weight excluding hydrogens is 272 g/mol. The van der Waals surface area contributed by atoms with Gasteiger partial charge in [0.15, 0.2) is 11.6 Å². The predicted molar refractivity (Wildman–Crippen MR) is 83.4 cm³/mol. The van der Waals surface area contributed by atoms with E-state index < -0.39 is 0 Å². The molecule has 4 nitrogen and oxygen atoms in total. The lowest BCUT2D eigenvalue weighted by molar-refractivity contribution is 1.29. The molecule has 2 aromatic carbocycles. The standard InChI is InChI=1S/C15H13ClN4/c1-9-6-7-11(10(16)8-9)19-15-14(17)18-12-4-2-3-5-13(12)20-15/h2-8H,1H3,(H2,17,18)(H,19,20). The molecular formula is C15H13ClN4.